The van der Waals surface area contributed by atoms with Gasteiger partial charge >= 0.3 is 6.09 Å². The first-order valence-corrected chi connectivity index (χ1v) is 13.6. The number of hydrogen-bond donors (Lipinski definition) is 0. The van der Waals surface area contributed by atoms with Crippen molar-refractivity contribution in [3.8, 4) is 5.75 Å². The number of nitrogens with zero attached hydrogens (tertiary/aromatic N) is 4. The van der Waals surface area contributed by atoms with E-state index in [-0.39, 0.29) is 29.5 Å². The standard InChI is InChI=1S/C30H32ClFN4O3/c1-20-3-12-28(33-17-20)35-15-13-22(14-16-35)29(37)36-18-26(21-4-6-23(31)7-5-21)27(19-36)34(2)30(38)39-25-10-8-24(32)9-11-25/h3-12,17,22,26-27H,13-16,18-19H2,1-2H3. The average Bonchev–Trinajstić information content (AvgIpc) is 3.40. The molecule has 0 spiro atoms. The van der Waals surface area contributed by atoms with Crippen molar-refractivity contribution in [2.45, 2.75) is 31.7 Å². The van der Waals surface area contributed by atoms with E-state index >= 15 is 0 Å². The molecule has 2 aromatic carbocycles. The maximum absolute atomic E-state index is 13.7. The summed E-state index contributed by atoms with van der Waals surface area (Å²) < 4.78 is 18.8. The van der Waals surface area contributed by atoms with Crippen LogP contribution in [-0.2, 0) is 4.79 Å². The smallest absolute Gasteiger partial charge is 0.410 e. The number of carbonyl (C=O) groups is 2. The number of anilines is 1. The van der Waals surface area contributed by atoms with Gasteiger partial charge in [-0.1, -0.05) is 29.8 Å². The molecule has 2 aliphatic rings. The van der Waals surface area contributed by atoms with Gasteiger partial charge in [-0.25, -0.2) is 14.2 Å². The summed E-state index contributed by atoms with van der Waals surface area (Å²) in [5.74, 6) is 0.737. The fourth-order valence-electron chi connectivity index (χ4n) is 5.47. The Morgan fingerprint density at radius 3 is 2.33 bits per heavy atom. The highest BCUT2D eigenvalue weighted by Crippen LogP contribution is 2.34. The number of aryl methyl sites for hydroxylation is 1. The SMILES string of the molecule is Cc1ccc(N2CCC(C(=O)N3CC(c4ccc(Cl)cc4)C(N(C)C(=O)Oc4ccc(F)cc4)C3)CC2)nc1. The minimum atomic E-state index is -0.557. The Morgan fingerprint density at radius 2 is 1.69 bits per heavy atom. The highest BCUT2D eigenvalue weighted by molar-refractivity contribution is 6.30. The van der Waals surface area contributed by atoms with E-state index in [0.29, 0.717) is 18.1 Å². The van der Waals surface area contributed by atoms with Gasteiger partial charge in [-0.05, 0) is 73.4 Å². The summed E-state index contributed by atoms with van der Waals surface area (Å²) in [7, 11) is 1.68. The molecule has 0 bridgehead atoms. The van der Waals surface area contributed by atoms with Crippen LogP contribution in [0.25, 0.3) is 0 Å². The number of likely N-dealkylation sites (tertiary alicyclic amines) is 1. The molecule has 2 amide bonds. The Kier molecular flexibility index (Phi) is 8.02. The molecule has 1 aromatic heterocycles. The zero-order valence-corrected chi connectivity index (χ0v) is 22.9. The van der Waals surface area contributed by atoms with Crippen LogP contribution in [0.5, 0.6) is 5.75 Å². The molecule has 3 aromatic rings. The average molecular weight is 551 g/mol. The third kappa shape index (κ3) is 6.17. The van der Waals surface area contributed by atoms with Crippen molar-refractivity contribution in [1.82, 2.24) is 14.8 Å². The first-order valence-electron chi connectivity index (χ1n) is 13.2. The van der Waals surface area contributed by atoms with E-state index in [1.54, 1.807) is 11.9 Å². The second kappa shape index (κ2) is 11.6. The Bertz CT molecular complexity index is 1300. The van der Waals surface area contributed by atoms with Crippen molar-refractivity contribution in [3.63, 3.8) is 0 Å². The molecular formula is C30H32ClFN4O3. The summed E-state index contributed by atoms with van der Waals surface area (Å²) in [6, 6.07) is 16.7. The van der Waals surface area contributed by atoms with Gasteiger partial charge < -0.3 is 19.4 Å². The van der Waals surface area contributed by atoms with Crippen molar-refractivity contribution in [3.05, 3.63) is 88.8 Å². The van der Waals surface area contributed by atoms with Crippen molar-refractivity contribution in [2.24, 2.45) is 5.92 Å². The van der Waals surface area contributed by atoms with E-state index in [9.17, 15) is 14.0 Å². The third-order valence-corrected chi connectivity index (χ3v) is 8.02. The predicted octanol–water partition coefficient (Wildman–Crippen LogP) is 5.52. The maximum atomic E-state index is 13.7. The molecule has 7 nitrogen and oxygen atoms in total. The first-order chi connectivity index (χ1) is 18.8. The number of likely N-dealkylation sites (N-methyl/N-ethyl adjacent to an activating group) is 1. The van der Waals surface area contributed by atoms with Crippen molar-refractivity contribution < 1.29 is 18.7 Å². The van der Waals surface area contributed by atoms with E-state index in [0.717, 1.165) is 42.9 Å². The van der Waals surface area contributed by atoms with Crippen LogP contribution in [-0.4, -0.2) is 66.1 Å². The number of carbonyl (C=O) groups excluding carboxylic acids is 2. The van der Waals surface area contributed by atoms with Crippen LogP contribution < -0.4 is 9.64 Å². The van der Waals surface area contributed by atoms with Crippen LogP contribution in [0.15, 0.2) is 66.9 Å². The minimum absolute atomic E-state index is 0.0761. The van der Waals surface area contributed by atoms with Crippen LogP contribution in [0, 0.1) is 18.7 Å². The summed E-state index contributed by atoms with van der Waals surface area (Å²) in [4.78, 5) is 36.9. The van der Waals surface area contributed by atoms with E-state index in [2.05, 4.69) is 16.0 Å². The molecule has 2 fully saturated rings. The van der Waals surface area contributed by atoms with Crippen LogP contribution in [0.1, 0.15) is 29.9 Å². The summed E-state index contributed by atoms with van der Waals surface area (Å²) in [6.07, 6.45) is 2.82. The molecule has 39 heavy (non-hydrogen) atoms. The van der Waals surface area contributed by atoms with Gasteiger partial charge in [0.1, 0.15) is 17.4 Å². The molecule has 0 radical (unpaired) electrons. The fraction of sp³-hybridized carbons (Fsp3) is 0.367. The topological polar surface area (TPSA) is 66.0 Å². The van der Waals surface area contributed by atoms with E-state index in [4.69, 9.17) is 16.3 Å². The van der Waals surface area contributed by atoms with Crippen LogP contribution >= 0.6 is 11.6 Å². The summed E-state index contributed by atoms with van der Waals surface area (Å²) >= 11 is 6.13. The molecule has 2 aliphatic heterocycles. The van der Waals surface area contributed by atoms with Gasteiger partial charge in [-0.2, -0.15) is 0 Å². The molecule has 0 N–H and O–H groups in total. The summed E-state index contributed by atoms with van der Waals surface area (Å²) in [6.45, 7) is 4.46. The highest BCUT2D eigenvalue weighted by atomic mass is 35.5. The lowest BCUT2D eigenvalue weighted by Gasteiger charge is -2.34. The number of ether oxygens (including phenoxy) is 1. The zero-order valence-electron chi connectivity index (χ0n) is 22.1. The fourth-order valence-corrected chi connectivity index (χ4v) is 5.59. The van der Waals surface area contributed by atoms with E-state index in [1.807, 2.05) is 48.4 Å². The van der Waals surface area contributed by atoms with Gasteiger partial charge in [0.05, 0.1) is 6.04 Å². The number of piperidine rings is 1. The number of halogens is 2. The lowest BCUT2D eigenvalue weighted by Crippen LogP contribution is -2.45. The monoisotopic (exact) mass is 550 g/mol. The van der Waals surface area contributed by atoms with Gasteiger partial charge in [0.15, 0.2) is 0 Å². The Balaban J connectivity index is 1.28. The van der Waals surface area contributed by atoms with Gasteiger partial charge in [-0.15, -0.1) is 0 Å². The number of pyridine rings is 1. The molecule has 3 heterocycles. The maximum Gasteiger partial charge on any atom is 0.415 e. The molecule has 0 aliphatic carbocycles. The summed E-state index contributed by atoms with van der Waals surface area (Å²) in [5, 5.41) is 0.625. The van der Waals surface area contributed by atoms with Crippen LogP contribution in [0.3, 0.4) is 0 Å². The third-order valence-electron chi connectivity index (χ3n) is 7.77. The Labute approximate surface area is 233 Å². The number of amides is 2. The Morgan fingerprint density at radius 1 is 1.00 bits per heavy atom. The molecule has 2 atom stereocenters. The predicted molar refractivity (Wildman–Crippen MR) is 149 cm³/mol. The molecule has 5 rings (SSSR count). The van der Waals surface area contributed by atoms with Gasteiger partial charge in [0.25, 0.3) is 0 Å². The summed E-state index contributed by atoms with van der Waals surface area (Å²) in [5.41, 5.74) is 2.12. The van der Waals surface area contributed by atoms with Crippen molar-refractivity contribution in [2.75, 3.05) is 38.1 Å². The minimum Gasteiger partial charge on any atom is -0.410 e. The molecule has 204 valence electrons. The molecule has 0 saturated carbocycles. The van der Waals surface area contributed by atoms with E-state index < -0.39 is 11.9 Å². The van der Waals surface area contributed by atoms with Crippen LogP contribution in [0.2, 0.25) is 5.02 Å². The lowest BCUT2D eigenvalue weighted by molar-refractivity contribution is -0.135. The highest BCUT2D eigenvalue weighted by Gasteiger charge is 2.42. The number of hydrogen-bond acceptors (Lipinski definition) is 5. The normalized spacial score (nSPS) is 19.7. The van der Waals surface area contributed by atoms with Gasteiger partial charge in [0.2, 0.25) is 5.91 Å². The number of benzene rings is 2. The van der Waals surface area contributed by atoms with Crippen molar-refractivity contribution >= 4 is 29.4 Å². The van der Waals surface area contributed by atoms with Crippen LogP contribution in [0.4, 0.5) is 15.0 Å². The zero-order chi connectivity index (χ0) is 27.5. The Hall–Kier alpha value is -3.65. The number of rotatable bonds is 5. The largest absolute Gasteiger partial charge is 0.415 e. The number of aromatic nitrogens is 1. The first kappa shape index (κ1) is 26.9. The quantitative estimate of drug-likeness (QED) is 0.418. The van der Waals surface area contributed by atoms with Gasteiger partial charge in [0, 0.05) is 56.3 Å². The van der Waals surface area contributed by atoms with E-state index in [1.165, 1.54) is 24.3 Å². The molecular weight excluding hydrogens is 519 g/mol. The second-order valence-electron chi connectivity index (χ2n) is 10.4. The van der Waals surface area contributed by atoms with Crippen molar-refractivity contribution in [1.29, 1.82) is 0 Å². The molecule has 9 heteroatoms. The molecule has 2 saturated heterocycles. The second-order valence-corrected chi connectivity index (χ2v) is 10.8. The lowest BCUT2D eigenvalue weighted by atomic mass is 9.93. The van der Waals surface area contributed by atoms with Gasteiger partial charge in [-0.3, -0.25) is 4.79 Å². The molecule has 2 unspecified atom stereocenters.